The maximum Gasteiger partial charge on any atom is -0.00922 e. The van der Waals surface area contributed by atoms with Gasteiger partial charge in [-0.3, -0.25) is 0 Å². The van der Waals surface area contributed by atoms with Crippen molar-refractivity contribution in [2.75, 3.05) is 0 Å². The summed E-state index contributed by atoms with van der Waals surface area (Å²) >= 11 is 0. The van der Waals surface area contributed by atoms with Crippen molar-refractivity contribution in [2.45, 2.75) is 69.2 Å². The Bertz CT molecular complexity index is 4410. The standard InChI is InChI=1S/C66H56/c1-11-37-39(13-3)51-29-53-41(15-5)43(17-7)55-31-57-45(19-9)46(20-10)58-32-56-44(18-8)42(16-6)54-30-52-40(14-4)38(12-2)48-26-22-24-28-50(48)60(52)34-62(54)64(56)36-66(58)65(57)35-63(55)61(53)33-59(51)49-27-23-21-25-47(37)49/h11-36H,1-10H3/b37-11-,38-12-,39-13+,40-14+,41-15-,42-16+,43-17+,44-18-,45-19-,46-20+. The van der Waals surface area contributed by atoms with Gasteiger partial charge in [-0.05, 0) is 278 Å². The zero-order valence-electron chi connectivity index (χ0n) is 40.0. The van der Waals surface area contributed by atoms with Crippen LogP contribution in [0.5, 0.6) is 0 Å². The molecule has 0 N–H and O–H groups in total. The van der Waals surface area contributed by atoms with Gasteiger partial charge in [-0.1, -0.05) is 109 Å². The van der Waals surface area contributed by atoms with Crippen LogP contribution in [0.1, 0.15) is 69.2 Å². The Balaban J connectivity index is 1.41. The zero-order chi connectivity index (χ0) is 45.7. The first-order valence-corrected chi connectivity index (χ1v) is 23.9. The summed E-state index contributed by atoms with van der Waals surface area (Å²) in [5.41, 5.74) is 0. The Hall–Kier alpha value is -7.28. The van der Waals surface area contributed by atoms with E-state index in [9.17, 15) is 0 Å². The van der Waals surface area contributed by atoms with Crippen LogP contribution in [0.25, 0.3) is 168 Å². The molecule has 0 aliphatic rings. The van der Waals surface area contributed by atoms with Crippen molar-refractivity contribution < 1.29 is 0 Å². The highest BCUT2D eigenvalue weighted by Gasteiger charge is 2.17. The lowest BCUT2D eigenvalue weighted by atomic mass is 9.86. The molecule has 0 radical (unpaired) electrons. The summed E-state index contributed by atoms with van der Waals surface area (Å²) < 4.78 is 0. The summed E-state index contributed by atoms with van der Waals surface area (Å²) in [5, 5.41) is 38.9. The van der Waals surface area contributed by atoms with Crippen LogP contribution in [0.15, 0.2) is 97.1 Å². The van der Waals surface area contributed by atoms with Crippen LogP contribution in [0.4, 0.5) is 0 Å². The van der Waals surface area contributed by atoms with Gasteiger partial charge in [-0.15, -0.1) is 0 Å². The zero-order valence-corrected chi connectivity index (χ0v) is 40.0. The third kappa shape index (κ3) is 5.51. The molecule has 11 aromatic rings. The van der Waals surface area contributed by atoms with Gasteiger partial charge in [0.15, 0.2) is 0 Å². The number of fused-ring (bicyclic) bond motifs is 15. The largest absolute Gasteiger partial charge is 0.0791 e. The molecular weight excluding hydrogens is 793 g/mol. The van der Waals surface area contributed by atoms with Gasteiger partial charge < -0.3 is 0 Å². The molecule has 0 aliphatic carbocycles. The van der Waals surface area contributed by atoms with Crippen LogP contribution in [-0.2, 0) is 0 Å². The highest BCUT2D eigenvalue weighted by Crippen LogP contribution is 2.35. The maximum atomic E-state index is 2.55. The molecular formula is C66H56. The number of benzene rings is 11. The van der Waals surface area contributed by atoms with Crippen LogP contribution in [0, 0.1) is 0 Å². The van der Waals surface area contributed by atoms with Gasteiger partial charge in [0.2, 0.25) is 0 Å². The molecule has 0 spiro atoms. The van der Waals surface area contributed by atoms with E-state index in [0.29, 0.717) is 0 Å². The first kappa shape index (κ1) is 41.4. The fourth-order valence-electron chi connectivity index (χ4n) is 12.4. The minimum atomic E-state index is 1.29. The summed E-state index contributed by atoms with van der Waals surface area (Å²) in [6, 6.07) is 38.1. The Morgan fingerprint density at radius 3 is 0.485 bits per heavy atom. The summed E-state index contributed by atoms with van der Waals surface area (Å²) in [4.78, 5) is 0. The molecule has 0 nitrogen and oxygen atoms in total. The van der Waals surface area contributed by atoms with Crippen LogP contribution in [0.3, 0.4) is 0 Å². The molecule has 11 rings (SSSR count). The lowest BCUT2D eigenvalue weighted by Crippen LogP contribution is -2.30. The fourth-order valence-corrected chi connectivity index (χ4v) is 12.4. The Kier molecular flexibility index (Phi) is 9.86. The topological polar surface area (TPSA) is 0 Å². The monoisotopic (exact) mass is 848 g/mol. The van der Waals surface area contributed by atoms with Crippen molar-refractivity contribution in [2.24, 2.45) is 0 Å². The number of rotatable bonds is 0. The minimum Gasteiger partial charge on any atom is -0.0791 e. The van der Waals surface area contributed by atoms with Gasteiger partial charge in [0.25, 0.3) is 0 Å². The molecule has 0 saturated heterocycles. The minimum absolute atomic E-state index is 1.29. The predicted octanol–water partition coefficient (Wildman–Crippen LogP) is 11.2. The van der Waals surface area contributed by atoms with E-state index in [4.69, 9.17) is 0 Å². The SMILES string of the molecule is C/C=c1\c(=C\C)c2ccccc2c2cc3c(cc12)c(=C/C)/c(=C/C)c1cc2c(=C/C)/c(=C/C)c4cc5c(=C/C)/c(=C/C)c6cc7c(=C/C)/c(=C/C)c8ccccc8c7cc6c5cc4c2cc13. The van der Waals surface area contributed by atoms with Crippen LogP contribution >= 0.6 is 0 Å². The van der Waals surface area contributed by atoms with Crippen molar-refractivity contribution >= 4 is 168 Å². The molecule has 0 unspecified atom stereocenters. The van der Waals surface area contributed by atoms with Crippen molar-refractivity contribution in [3.8, 4) is 0 Å². The Morgan fingerprint density at radius 1 is 0.167 bits per heavy atom. The third-order valence-electron chi connectivity index (χ3n) is 15.2. The summed E-state index contributed by atoms with van der Waals surface area (Å²) in [5.74, 6) is 0. The van der Waals surface area contributed by atoms with E-state index in [-0.39, 0.29) is 0 Å². The molecule has 0 heterocycles. The molecule has 0 amide bonds. The molecule has 0 bridgehead atoms. The molecule has 0 aromatic heterocycles. The highest BCUT2D eigenvalue weighted by molar-refractivity contribution is 6.25. The number of hydrogen-bond acceptors (Lipinski definition) is 0. The average molecular weight is 849 g/mol. The quantitative estimate of drug-likeness (QED) is 0.105. The van der Waals surface area contributed by atoms with E-state index in [0.717, 1.165) is 0 Å². The first-order chi connectivity index (χ1) is 32.3. The Morgan fingerprint density at radius 2 is 0.303 bits per heavy atom. The summed E-state index contributed by atoms with van der Waals surface area (Å²) in [6.07, 6.45) is 23.1. The summed E-state index contributed by atoms with van der Waals surface area (Å²) in [7, 11) is 0. The van der Waals surface area contributed by atoms with Crippen LogP contribution in [0.2, 0.25) is 0 Å². The molecule has 320 valence electrons. The van der Waals surface area contributed by atoms with Gasteiger partial charge in [-0.25, -0.2) is 0 Å². The highest BCUT2D eigenvalue weighted by atomic mass is 14.2. The molecule has 0 fully saturated rings. The lowest BCUT2D eigenvalue weighted by molar-refractivity contribution is 1.57. The Labute approximate surface area is 385 Å². The second kappa shape index (κ2) is 15.7. The van der Waals surface area contributed by atoms with E-state index in [1.807, 2.05) is 0 Å². The van der Waals surface area contributed by atoms with E-state index in [2.05, 4.69) is 227 Å². The fraction of sp³-hybridized carbons (Fsp3) is 0.152. The van der Waals surface area contributed by atoms with Crippen LogP contribution in [-0.4, -0.2) is 0 Å². The average Bonchev–Trinajstić information content (AvgIpc) is 3.36. The van der Waals surface area contributed by atoms with Gasteiger partial charge in [0, 0.05) is 0 Å². The lowest BCUT2D eigenvalue weighted by Gasteiger charge is -2.17. The number of hydrogen-bond donors (Lipinski definition) is 0. The van der Waals surface area contributed by atoms with E-state index in [1.54, 1.807) is 0 Å². The molecule has 0 saturated carbocycles. The van der Waals surface area contributed by atoms with Crippen molar-refractivity contribution in [1.82, 2.24) is 0 Å². The third-order valence-corrected chi connectivity index (χ3v) is 15.2. The maximum absolute atomic E-state index is 2.55. The van der Waals surface area contributed by atoms with E-state index in [1.165, 1.54) is 160 Å². The van der Waals surface area contributed by atoms with Crippen molar-refractivity contribution in [1.29, 1.82) is 0 Å². The second-order valence-electron chi connectivity index (χ2n) is 17.9. The molecule has 0 heteroatoms. The molecule has 0 aliphatic heterocycles. The summed E-state index contributed by atoms with van der Waals surface area (Å²) in [6.45, 7) is 21.9. The van der Waals surface area contributed by atoms with Crippen LogP contribution < -0.4 is 52.2 Å². The van der Waals surface area contributed by atoms with Gasteiger partial charge in [-0.2, -0.15) is 0 Å². The molecule has 66 heavy (non-hydrogen) atoms. The predicted molar refractivity (Wildman–Crippen MR) is 299 cm³/mol. The van der Waals surface area contributed by atoms with Crippen molar-refractivity contribution in [3.05, 3.63) is 149 Å². The smallest absolute Gasteiger partial charge is 0.00922 e. The van der Waals surface area contributed by atoms with Crippen molar-refractivity contribution in [3.63, 3.8) is 0 Å². The van der Waals surface area contributed by atoms with Gasteiger partial charge >= 0.3 is 0 Å². The van der Waals surface area contributed by atoms with Gasteiger partial charge in [0.1, 0.15) is 0 Å². The second-order valence-corrected chi connectivity index (χ2v) is 17.9. The molecule has 11 aromatic carbocycles. The first-order valence-electron chi connectivity index (χ1n) is 23.9. The molecule has 0 atom stereocenters. The van der Waals surface area contributed by atoms with E-state index < -0.39 is 0 Å². The van der Waals surface area contributed by atoms with Gasteiger partial charge in [0.05, 0.1) is 0 Å². The normalized spacial score (nSPS) is 15.7. The van der Waals surface area contributed by atoms with E-state index >= 15 is 0 Å².